The Hall–Kier alpha value is -0.0800. The topological polar surface area (TPSA) is 15.3 Å². The van der Waals surface area contributed by atoms with Crippen molar-refractivity contribution in [2.45, 2.75) is 72.9 Å². The summed E-state index contributed by atoms with van der Waals surface area (Å²) in [6.07, 6.45) is 4.19. The van der Waals surface area contributed by atoms with Gasteiger partial charge in [0.1, 0.15) is 0 Å². The first-order valence-electron chi connectivity index (χ1n) is 7.63. The highest BCUT2D eigenvalue weighted by Crippen LogP contribution is 2.23. The first-order chi connectivity index (χ1) is 8.16. The predicted molar refractivity (Wildman–Crippen MR) is 78.5 cm³/mol. The highest BCUT2D eigenvalue weighted by Gasteiger charge is 2.27. The molecule has 2 unspecified atom stereocenters. The van der Waals surface area contributed by atoms with Crippen LogP contribution in [-0.2, 0) is 0 Å². The Kier molecular flexibility index (Phi) is 9.85. The van der Waals surface area contributed by atoms with Crippen molar-refractivity contribution < 1.29 is 0 Å². The number of hydrogen-bond acceptors (Lipinski definition) is 2. The second-order valence-corrected chi connectivity index (χ2v) is 5.18. The van der Waals surface area contributed by atoms with Crippen LogP contribution in [0.3, 0.4) is 0 Å². The molecule has 0 radical (unpaired) electrons. The lowest BCUT2D eigenvalue weighted by Crippen LogP contribution is -2.48. The van der Waals surface area contributed by atoms with E-state index in [-0.39, 0.29) is 0 Å². The van der Waals surface area contributed by atoms with Crippen LogP contribution >= 0.6 is 0 Å². The molecule has 2 heteroatoms. The summed E-state index contributed by atoms with van der Waals surface area (Å²) in [4.78, 5) is 2.69. The van der Waals surface area contributed by atoms with E-state index in [0.717, 1.165) is 25.0 Å². The fourth-order valence-corrected chi connectivity index (χ4v) is 2.70. The normalized spacial score (nSPS) is 26.3. The van der Waals surface area contributed by atoms with Gasteiger partial charge in [-0.15, -0.1) is 0 Å². The third kappa shape index (κ3) is 5.87. The second kappa shape index (κ2) is 9.90. The van der Waals surface area contributed by atoms with Gasteiger partial charge in [0.15, 0.2) is 0 Å². The van der Waals surface area contributed by atoms with E-state index in [1.807, 2.05) is 13.8 Å². The molecule has 1 heterocycles. The number of likely N-dealkylation sites (tertiary alicyclic amines) is 1. The third-order valence-corrected chi connectivity index (χ3v) is 3.68. The van der Waals surface area contributed by atoms with E-state index in [2.05, 4.69) is 37.9 Å². The largest absolute Gasteiger partial charge is 0.315 e. The standard InChI is InChI=1S/C13H28N2.C2H6/c1-5-14-10-13-12(4)8-6-7-9-15(13)11(2)3;1-2/h11-14H,5-10H2,1-4H3;1-2H3. The van der Waals surface area contributed by atoms with Gasteiger partial charge in [0, 0.05) is 18.6 Å². The molecule has 0 aromatic carbocycles. The van der Waals surface area contributed by atoms with E-state index in [1.54, 1.807) is 0 Å². The summed E-state index contributed by atoms with van der Waals surface area (Å²) in [6, 6.07) is 1.43. The Morgan fingerprint density at radius 3 is 2.41 bits per heavy atom. The average Bonchev–Trinajstić information content (AvgIpc) is 2.51. The molecule has 1 aliphatic rings. The summed E-state index contributed by atoms with van der Waals surface area (Å²) in [7, 11) is 0. The zero-order chi connectivity index (χ0) is 13.3. The third-order valence-electron chi connectivity index (χ3n) is 3.68. The summed E-state index contributed by atoms with van der Waals surface area (Å²) in [5.74, 6) is 0.842. The van der Waals surface area contributed by atoms with Gasteiger partial charge in [-0.25, -0.2) is 0 Å². The Bertz CT molecular complexity index is 168. The molecule has 0 saturated carbocycles. The molecular formula is C15H34N2. The van der Waals surface area contributed by atoms with Gasteiger partial charge in [-0.05, 0) is 45.7 Å². The maximum atomic E-state index is 3.52. The molecule has 0 aromatic heterocycles. The van der Waals surface area contributed by atoms with Crippen LogP contribution in [0.1, 0.15) is 60.8 Å². The highest BCUT2D eigenvalue weighted by molar-refractivity contribution is 4.83. The van der Waals surface area contributed by atoms with Gasteiger partial charge in [-0.1, -0.05) is 34.1 Å². The molecule has 0 bridgehead atoms. The van der Waals surface area contributed by atoms with Crippen LogP contribution in [0, 0.1) is 5.92 Å². The molecule has 1 rings (SSSR count). The lowest BCUT2D eigenvalue weighted by atomic mass is 9.96. The minimum Gasteiger partial charge on any atom is -0.315 e. The Morgan fingerprint density at radius 1 is 1.24 bits per heavy atom. The second-order valence-electron chi connectivity index (χ2n) is 5.18. The molecule has 104 valence electrons. The van der Waals surface area contributed by atoms with Crippen LogP contribution in [0.4, 0.5) is 0 Å². The molecular weight excluding hydrogens is 208 g/mol. The summed E-state index contributed by atoms with van der Waals surface area (Å²) in [5.41, 5.74) is 0. The molecule has 0 amide bonds. The van der Waals surface area contributed by atoms with E-state index < -0.39 is 0 Å². The van der Waals surface area contributed by atoms with Crippen LogP contribution in [0.15, 0.2) is 0 Å². The van der Waals surface area contributed by atoms with Crippen LogP contribution in [0.25, 0.3) is 0 Å². The van der Waals surface area contributed by atoms with Gasteiger partial charge in [0.2, 0.25) is 0 Å². The van der Waals surface area contributed by atoms with E-state index >= 15 is 0 Å². The highest BCUT2D eigenvalue weighted by atomic mass is 15.2. The van der Waals surface area contributed by atoms with Crippen LogP contribution in [0.5, 0.6) is 0 Å². The Labute approximate surface area is 109 Å². The van der Waals surface area contributed by atoms with Gasteiger partial charge < -0.3 is 5.32 Å². The number of rotatable bonds is 4. The van der Waals surface area contributed by atoms with Crippen molar-refractivity contribution in [2.75, 3.05) is 19.6 Å². The van der Waals surface area contributed by atoms with Crippen molar-refractivity contribution in [3.63, 3.8) is 0 Å². The first-order valence-corrected chi connectivity index (χ1v) is 7.63. The van der Waals surface area contributed by atoms with Crippen molar-refractivity contribution in [3.8, 4) is 0 Å². The van der Waals surface area contributed by atoms with E-state index in [0.29, 0.717) is 6.04 Å². The van der Waals surface area contributed by atoms with Crippen molar-refractivity contribution in [3.05, 3.63) is 0 Å². The molecule has 1 N–H and O–H groups in total. The number of likely N-dealkylation sites (N-methyl/N-ethyl adjacent to an activating group) is 1. The number of nitrogens with zero attached hydrogens (tertiary/aromatic N) is 1. The lowest BCUT2D eigenvalue weighted by Gasteiger charge is -2.36. The smallest absolute Gasteiger partial charge is 0.0248 e. The Balaban J connectivity index is 0.00000121. The maximum Gasteiger partial charge on any atom is 0.0248 e. The van der Waals surface area contributed by atoms with Crippen LogP contribution in [-0.4, -0.2) is 36.6 Å². The molecule has 1 fully saturated rings. The fourth-order valence-electron chi connectivity index (χ4n) is 2.70. The maximum absolute atomic E-state index is 3.52. The van der Waals surface area contributed by atoms with E-state index in [4.69, 9.17) is 0 Å². The average molecular weight is 242 g/mol. The number of nitrogens with one attached hydrogen (secondary N) is 1. The van der Waals surface area contributed by atoms with Crippen molar-refractivity contribution in [1.29, 1.82) is 0 Å². The molecule has 0 spiro atoms. The molecule has 0 aromatic rings. The molecule has 2 nitrogen and oxygen atoms in total. The minimum atomic E-state index is 0.689. The zero-order valence-corrected chi connectivity index (χ0v) is 12.9. The van der Waals surface area contributed by atoms with Crippen molar-refractivity contribution in [1.82, 2.24) is 10.2 Å². The van der Waals surface area contributed by atoms with Gasteiger partial charge in [-0.2, -0.15) is 0 Å². The minimum absolute atomic E-state index is 0.689. The van der Waals surface area contributed by atoms with E-state index in [9.17, 15) is 0 Å². The molecule has 1 aliphatic heterocycles. The zero-order valence-electron chi connectivity index (χ0n) is 12.9. The molecule has 2 atom stereocenters. The molecule has 17 heavy (non-hydrogen) atoms. The van der Waals surface area contributed by atoms with Gasteiger partial charge in [0.25, 0.3) is 0 Å². The van der Waals surface area contributed by atoms with Crippen LogP contribution in [0.2, 0.25) is 0 Å². The van der Waals surface area contributed by atoms with E-state index in [1.165, 1.54) is 25.8 Å². The molecule has 1 saturated heterocycles. The fraction of sp³-hybridized carbons (Fsp3) is 1.00. The Morgan fingerprint density at radius 2 is 1.88 bits per heavy atom. The summed E-state index contributed by atoms with van der Waals surface area (Å²) < 4.78 is 0. The van der Waals surface area contributed by atoms with Crippen LogP contribution < -0.4 is 5.32 Å². The lowest BCUT2D eigenvalue weighted by molar-refractivity contribution is 0.123. The summed E-state index contributed by atoms with van der Waals surface area (Å²) >= 11 is 0. The predicted octanol–water partition coefficient (Wildman–Crippen LogP) is 3.52. The van der Waals surface area contributed by atoms with Crippen molar-refractivity contribution >= 4 is 0 Å². The van der Waals surface area contributed by atoms with Gasteiger partial charge in [0.05, 0.1) is 0 Å². The summed E-state index contributed by atoms with van der Waals surface area (Å²) in [6.45, 7) is 16.8. The monoisotopic (exact) mass is 242 g/mol. The first kappa shape index (κ1) is 16.9. The van der Waals surface area contributed by atoms with Crippen molar-refractivity contribution in [2.24, 2.45) is 5.92 Å². The van der Waals surface area contributed by atoms with Gasteiger partial charge >= 0.3 is 0 Å². The quantitative estimate of drug-likeness (QED) is 0.811. The number of hydrogen-bond donors (Lipinski definition) is 1. The van der Waals surface area contributed by atoms with Gasteiger partial charge in [-0.3, -0.25) is 4.90 Å². The summed E-state index contributed by atoms with van der Waals surface area (Å²) in [5, 5.41) is 3.52. The SMILES string of the molecule is CC.CCNCC1C(C)CCCCN1C(C)C. The molecule has 0 aliphatic carbocycles.